The van der Waals surface area contributed by atoms with E-state index in [-0.39, 0.29) is 0 Å². The molecule has 1 aliphatic carbocycles. The zero-order chi connectivity index (χ0) is 10.7. The van der Waals surface area contributed by atoms with Crippen LogP contribution in [0, 0.1) is 0 Å². The molecule has 0 saturated carbocycles. The van der Waals surface area contributed by atoms with Gasteiger partial charge in [0.2, 0.25) is 0 Å². The van der Waals surface area contributed by atoms with E-state index in [1.54, 1.807) is 0 Å². The van der Waals surface area contributed by atoms with Crippen molar-refractivity contribution in [3.05, 3.63) is 47.5 Å². The maximum absolute atomic E-state index is 10.7. The van der Waals surface area contributed by atoms with Gasteiger partial charge in [0.1, 0.15) is 0 Å². The number of allylic oxidation sites excluding steroid dienone is 1. The van der Waals surface area contributed by atoms with Gasteiger partial charge in [-0.1, -0.05) is 36.4 Å². The number of aliphatic carboxylic acids is 1. The predicted octanol–water partition coefficient (Wildman–Crippen LogP) is 2.97. The Labute approximate surface area is 89.2 Å². The van der Waals surface area contributed by atoms with Gasteiger partial charge in [-0.05, 0) is 30.7 Å². The zero-order valence-corrected chi connectivity index (χ0v) is 8.52. The van der Waals surface area contributed by atoms with Gasteiger partial charge in [-0.15, -0.1) is 0 Å². The molecule has 1 aromatic carbocycles. The molecule has 1 aliphatic rings. The summed E-state index contributed by atoms with van der Waals surface area (Å²) in [5, 5.41) is 8.83. The molecule has 2 rings (SSSR count). The van der Waals surface area contributed by atoms with Gasteiger partial charge in [-0.25, -0.2) is 4.79 Å². The lowest BCUT2D eigenvalue weighted by atomic mass is 9.85. The van der Waals surface area contributed by atoms with Gasteiger partial charge in [-0.2, -0.15) is 0 Å². The van der Waals surface area contributed by atoms with Gasteiger partial charge in [0.05, 0.1) is 0 Å². The molecule has 2 heteroatoms. The van der Waals surface area contributed by atoms with Crippen LogP contribution in [0.15, 0.2) is 42.0 Å². The Morgan fingerprint density at radius 2 is 2.00 bits per heavy atom. The summed E-state index contributed by atoms with van der Waals surface area (Å²) >= 11 is 0. The molecular weight excluding hydrogens is 188 g/mol. The third-order valence-electron chi connectivity index (χ3n) is 2.96. The smallest absolute Gasteiger partial charge is 0.331 e. The van der Waals surface area contributed by atoms with Crippen LogP contribution in [0.4, 0.5) is 0 Å². The Balaban J connectivity index is 2.09. The van der Waals surface area contributed by atoms with Crippen molar-refractivity contribution in [3.63, 3.8) is 0 Å². The zero-order valence-electron chi connectivity index (χ0n) is 8.52. The number of rotatable bonds is 2. The third-order valence-corrected chi connectivity index (χ3v) is 2.96. The van der Waals surface area contributed by atoms with Crippen LogP contribution in [-0.2, 0) is 4.79 Å². The monoisotopic (exact) mass is 202 g/mol. The van der Waals surface area contributed by atoms with Crippen molar-refractivity contribution in [1.29, 1.82) is 0 Å². The number of carboxylic acid groups (broad SMARTS) is 1. The minimum Gasteiger partial charge on any atom is -0.478 e. The average molecular weight is 202 g/mol. The summed E-state index contributed by atoms with van der Waals surface area (Å²) in [5.74, 6) is -0.268. The molecule has 0 saturated heterocycles. The van der Waals surface area contributed by atoms with Gasteiger partial charge in [0.15, 0.2) is 0 Å². The second kappa shape index (κ2) is 4.30. The molecule has 1 N–H and O–H groups in total. The summed E-state index contributed by atoms with van der Waals surface area (Å²) in [5.41, 5.74) is 1.89. The average Bonchev–Trinajstić information content (AvgIpc) is 2.30. The normalized spacial score (nSPS) is 20.8. The summed E-state index contributed by atoms with van der Waals surface area (Å²) in [4.78, 5) is 10.7. The maximum atomic E-state index is 10.7. The number of carbonyl (C=O) groups is 1. The van der Waals surface area contributed by atoms with Crippen molar-refractivity contribution in [3.8, 4) is 0 Å². The van der Waals surface area contributed by atoms with Gasteiger partial charge in [0, 0.05) is 5.57 Å². The number of hydrogen-bond acceptors (Lipinski definition) is 1. The topological polar surface area (TPSA) is 37.3 Å². The van der Waals surface area contributed by atoms with Crippen LogP contribution in [0.2, 0.25) is 0 Å². The van der Waals surface area contributed by atoms with Crippen LogP contribution in [0.3, 0.4) is 0 Å². The molecule has 0 bridgehead atoms. The van der Waals surface area contributed by atoms with E-state index in [1.807, 2.05) is 24.3 Å². The Hall–Kier alpha value is -1.57. The number of hydrogen-bond donors (Lipinski definition) is 1. The molecule has 1 aromatic rings. The largest absolute Gasteiger partial charge is 0.478 e. The van der Waals surface area contributed by atoms with Crippen molar-refractivity contribution >= 4 is 5.97 Å². The molecule has 0 aliphatic heterocycles. The lowest BCUT2D eigenvalue weighted by Crippen LogP contribution is -2.09. The Kier molecular flexibility index (Phi) is 2.86. The summed E-state index contributed by atoms with van der Waals surface area (Å²) in [6.45, 7) is 0. The van der Waals surface area contributed by atoms with Crippen LogP contribution in [0.25, 0.3) is 0 Å². The van der Waals surface area contributed by atoms with E-state index in [2.05, 4.69) is 12.1 Å². The standard InChI is InChI=1S/C13H14O2/c14-13(15)12-8-6-11(7-9-12)10-4-2-1-3-5-10/h1-5,8,11H,6-7,9H2,(H,14,15)/t11-/m0/s1. The first-order chi connectivity index (χ1) is 7.27. The molecule has 0 aromatic heterocycles. The second-order valence-electron chi connectivity index (χ2n) is 3.92. The predicted molar refractivity (Wildman–Crippen MR) is 58.8 cm³/mol. The van der Waals surface area contributed by atoms with Gasteiger partial charge in [0.25, 0.3) is 0 Å². The van der Waals surface area contributed by atoms with Crippen LogP contribution in [-0.4, -0.2) is 11.1 Å². The third kappa shape index (κ3) is 2.27. The minimum absolute atomic E-state index is 0.495. The molecule has 0 spiro atoms. The fourth-order valence-electron chi connectivity index (χ4n) is 2.06. The highest BCUT2D eigenvalue weighted by Gasteiger charge is 2.18. The molecule has 0 radical (unpaired) electrons. The Bertz CT molecular complexity index is 379. The first-order valence-electron chi connectivity index (χ1n) is 5.24. The van der Waals surface area contributed by atoms with Gasteiger partial charge < -0.3 is 5.11 Å². The summed E-state index contributed by atoms with van der Waals surface area (Å²) < 4.78 is 0. The van der Waals surface area contributed by atoms with E-state index in [4.69, 9.17) is 5.11 Å². The lowest BCUT2D eigenvalue weighted by Gasteiger charge is -2.20. The molecular formula is C13H14O2. The second-order valence-corrected chi connectivity index (χ2v) is 3.92. The first kappa shape index (κ1) is 9.97. The van der Waals surface area contributed by atoms with Gasteiger partial charge >= 0.3 is 5.97 Å². The van der Waals surface area contributed by atoms with Crippen molar-refractivity contribution < 1.29 is 9.90 Å². The van der Waals surface area contributed by atoms with Crippen molar-refractivity contribution in [1.82, 2.24) is 0 Å². The van der Waals surface area contributed by atoms with E-state index in [0.717, 1.165) is 12.8 Å². The van der Waals surface area contributed by atoms with E-state index in [0.29, 0.717) is 17.9 Å². The van der Waals surface area contributed by atoms with E-state index < -0.39 is 5.97 Å². The summed E-state index contributed by atoms with van der Waals surface area (Å²) in [7, 11) is 0. The molecule has 1 atom stereocenters. The number of benzene rings is 1. The quantitative estimate of drug-likeness (QED) is 0.800. The van der Waals surface area contributed by atoms with Crippen molar-refractivity contribution in [2.45, 2.75) is 25.2 Å². The van der Waals surface area contributed by atoms with Crippen LogP contribution in [0.5, 0.6) is 0 Å². The molecule has 0 heterocycles. The van der Waals surface area contributed by atoms with E-state index in [1.165, 1.54) is 5.56 Å². The SMILES string of the molecule is O=C(O)C1=CC[C@H](c2ccccc2)CC1. The molecule has 78 valence electrons. The number of carboxylic acids is 1. The highest BCUT2D eigenvalue weighted by atomic mass is 16.4. The lowest BCUT2D eigenvalue weighted by molar-refractivity contribution is -0.132. The first-order valence-corrected chi connectivity index (χ1v) is 5.24. The highest BCUT2D eigenvalue weighted by Crippen LogP contribution is 2.31. The maximum Gasteiger partial charge on any atom is 0.331 e. The summed E-state index contributed by atoms with van der Waals surface area (Å²) in [6.07, 6.45) is 4.35. The Morgan fingerprint density at radius 3 is 2.53 bits per heavy atom. The van der Waals surface area contributed by atoms with Crippen LogP contribution >= 0.6 is 0 Å². The van der Waals surface area contributed by atoms with Crippen molar-refractivity contribution in [2.75, 3.05) is 0 Å². The van der Waals surface area contributed by atoms with Crippen LogP contribution in [0.1, 0.15) is 30.7 Å². The fourth-order valence-corrected chi connectivity index (χ4v) is 2.06. The molecule has 15 heavy (non-hydrogen) atoms. The molecule has 0 fully saturated rings. The minimum atomic E-state index is -0.762. The molecule has 0 amide bonds. The summed E-state index contributed by atoms with van der Waals surface area (Å²) in [6, 6.07) is 10.3. The van der Waals surface area contributed by atoms with E-state index in [9.17, 15) is 4.79 Å². The highest BCUT2D eigenvalue weighted by molar-refractivity contribution is 5.86. The Morgan fingerprint density at radius 1 is 1.27 bits per heavy atom. The van der Waals surface area contributed by atoms with Gasteiger partial charge in [-0.3, -0.25) is 0 Å². The van der Waals surface area contributed by atoms with Crippen molar-refractivity contribution in [2.24, 2.45) is 0 Å². The fraction of sp³-hybridized carbons (Fsp3) is 0.308. The molecule has 2 nitrogen and oxygen atoms in total. The van der Waals surface area contributed by atoms with E-state index >= 15 is 0 Å². The van der Waals surface area contributed by atoms with Crippen LogP contribution < -0.4 is 0 Å². The molecule has 0 unspecified atom stereocenters.